The average Bonchev–Trinajstić information content (AvgIpc) is 2.88. The van der Waals surface area contributed by atoms with Crippen molar-refractivity contribution in [1.29, 1.82) is 0 Å². The van der Waals surface area contributed by atoms with Crippen LogP contribution in [0, 0.1) is 0 Å². The largest absolute Gasteiger partial charge is 0.288 e. The van der Waals surface area contributed by atoms with Crippen LogP contribution in [-0.4, -0.2) is 30.2 Å². The number of nitrogens with zero attached hydrogens (tertiary/aromatic N) is 5. The van der Waals surface area contributed by atoms with E-state index in [1.165, 1.54) is 11.3 Å². The molecule has 0 amide bonds. The van der Waals surface area contributed by atoms with Crippen LogP contribution in [0.25, 0.3) is 5.95 Å². The number of hydrogen-bond donors (Lipinski definition) is 0. The summed E-state index contributed by atoms with van der Waals surface area (Å²) in [5.41, 5.74) is 2.65. The Morgan fingerprint density at radius 2 is 1.83 bits per heavy atom. The Labute approximate surface area is 106 Å². The molecular formula is C13H17N5. The highest BCUT2D eigenvalue weighted by molar-refractivity contribution is 5.28. The molecule has 0 spiro atoms. The third-order valence-corrected chi connectivity index (χ3v) is 3.35. The molecule has 0 radical (unpaired) electrons. The Hall–Kier alpha value is -1.75. The summed E-state index contributed by atoms with van der Waals surface area (Å²) in [5.74, 6) is 0.648. The molecule has 0 saturated heterocycles. The molecule has 5 nitrogen and oxygen atoms in total. The van der Waals surface area contributed by atoms with E-state index in [9.17, 15) is 0 Å². The molecule has 0 unspecified atom stereocenters. The summed E-state index contributed by atoms with van der Waals surface area (Å²) in [6.45, 7) is 8.55. The molecule has 2 aromatic rings. The van der Waals surface area contributed by atoms with E-state index in [1.807, 2.05) is 16.9 Å². The van der Waals surface area contributed by atoms with E-state index in [-0.39, 0.29) is 5.54 Å². The van der Waals surface area contributed by atoms with Gasteiger partial charge in [0.2, 0.25) is 0 Å². The number of rotatable bonds is 1. The molecule has 2 aromatic heterocycles. The molecule has 0 N–H and O–H groups in total. The first-order valence-electron chi connectivity index (χ1n) is 6.14. The van der Waals surface area contributed by atoms with Crippen molar-refractivity contribution in [3.05, 3.63) is 35.9 Å². The summed E-state index contributed by atoms with van der Waals surface area (Å²) in [6, 6.07) is 1.81. The molecule has 0 atom stereocenters. The molecule has 3 heterocycles. The molecule has 0 bridgehead atoms. The zero-order valence-corrected chi connectivity index (χ0v) is 11.0. The minimum absolute atomic E-state index is 0.168. The second-order valence-corrected chi connectivity index (χ2v) is 5.60. The van der Waals surface area contributed by atoms with Crippen molar-refractivity contribution in [2.24, 2.45) is 0 Å². The molecule has 0 saturated carbocycles. The van der Waals surface area contributed by atoms with Crippen molar-refractivity contribution in [3.8, 4) is 5.95 Å². The lowest BCUT2D eigenvalue weighted by Gasteiger charge is -2.31. The minimum atomic E-state index is 0.168. The summed E-state index contributed by atoms with van der Waals surface area (Å²) >= 11 is 0. The van der Waals surface area contributed by atoms with Gasteiger partial charge in [0, 0.05) is 36.6 Å². The number of hydrogen-bond acceptors (Lipinski definition) is 4. The van der Waals surface area contributed by atoms with Gasteiger partial charge in [0.05, 0.1) is 11.9 Å². The molecule has 3 rings (SSSR count). The Bertz CT molecular complexity index is 553. The van der Waals surface area contributed by atoms with Gasteiger partial charge in [0.15, 0.2) is 0 Å². The molecule has 0 aromatic carbocycles. The van der Waals surface area contributed by atoms with Crippen LogP contribution in [-0.2, 0) is 13.1 Å². The lowest BCUT2D eigenvalue weighted by Crippen LogP contribution is -2.37. The Kier molecular flexibility index (Phi) is 2.45. The third kappa shape index (κ3) is 1.80. The van der Waals surface area contributed by atoms with Gasteiger partial charge < -0.3 is 0 Å². The van der Waals surface area contributed by atoms with Crippen molar-refractivity contribution in [1.82, 2.24) is 24.6 Å². The quantitative estimate of drug-likeness (QED) is 0.766. The van der Waals surface area contributed by atoms with Crippen LogP contribution < -0.4 is 0 Å². The molecular weight excluding hydrogens is 226 g/mol. The van der Waals surface area contributed by atoms with E-state index in [4.69, 9.17) is 0 Å². The minimum Gasteiger partial charge on any atom is -0.288 e. The maximum Gasteiger partial charge on any atom is 0.250 e. The van der Waals surface area contributed by atoms with E-state index < -0.39 is 0 Å². The summed E-state index contributed by atoms with van der Waals surface area (Å²) in [6.07, 6.45) is 5.41. The van der Waals surface area contributed by atoms with Crippen molar-refractivity contribution in [3.63, 3.8) is 0 Å². The fourth-order valence-electron chi connectivity index (χ4n) is 2.20. The van der Waals surface area contributed by atoms with E-state index in [0.29, 0.717) is 5.95 Å². The van der Waals surface area contributed by atoms with Crippen molar-refractivity contribution in [2.45, 2.75) is 39.4 Å². The monoisotopic (exact) mass is 243 g/mol. The fourth-order valence-corrected chi connectivity index (χ4v) is 2.20. The van der Waals surface area contributed by atoms with Crippen molar-refractivity contribution < 1.29 is 0 Å². The van der Waals surface area contributed by atoms with E-state index >= 15 is 0 Å². The maximum absolute atomic E-state index is 4.39. The van der Waals surface area contributed by atoms with Gasteiger partial charge in [0.1, 0.15) is 0 Å². The Morgan fingerprint density at radius 3 is 2.50 bits per heavy atom. The Morgan fingerprint density at radius 1 is 1.11 bits per heavy atom. The highest BCUT2D eigenvalue weighted by Crippen LogP contribution is 2.29. The number of aromatic nitrogens is 4. The first-order valence-corrected chi connectivity index (χ1v) is 6.14. The molecule has 0 aliphatic carbocycles. The molecule has 1 aliphatic heterocycles. The highest BCUT2D eigenvalue weighted by Gasteiger charge is 2.31. The van der Waals surface area contributed by atoms with Gasteiger partial charge in [-0.1, -0.05) is 0 Å². The average molecular weight is 243 g/mol. The standard InChI is InChI=1S/C13H17N5/c1-13(2,3)17-8-10-7-16-18(11(10)9-17)12-14-5-4-6-15-12/h4-7H,8-9H2,1-3H3. The normalized spacial score (nSPS) is 15.9. The van der Waals surface area contributed by atoms with E-state index in [2.05, 4.69) is 40.7 Å². The topological polar surface area (TPSA) is 46.8 Å². The third-order valence-electron chi connectivity index (χ3n) is 3.35. The maximum atomic E-state index is 4.39. The summed E-state index contributed by atoms with van der Waals surface area (Å²) in [5, 5.41) is 4.39. The molecule has 1 aliphatic rings. The first kappa shape index (κ1) is 11.3. The number of fused-ring (bicyclic) bond motifs is 1. The van der Waals surface area contributed by atoms with Gasteiger partial charge in [0.25, 0.3) is 5.95 Å². The molecule has 5 heteroatoms. The van der Waals surface area contributed by atoms with Crippen LogP contribution in [0.4, 0.5) is 0 Å². The summed E-state index contributed by atoms with van der Waals surface area (Å²) < 4.78 is 1.85. The Balaban J connectivity index is 1.96. The molecule has 18 heavy (non-hydrogen) atoms. The molecule has 94 valence electrons. The zero-order chi connectivity index (χ0) is 12.8. The predicted molar refractivity (Wildman–Crippen MR) is 68.2 cm³/mol. The van der Waals surface area contributed by atoms with Gasteiger partial charge in [-0.25, -0.2) is 14.6 Å². The van der Waals surface area contributed by atoms with Crippen LogP contribution in [0.5, 0.6) is 0 Å². The van der Waals surface area contributed by atoms with E-state index in [1.54, 1.807) is 12.4 Å². The van der Waals surface area contributed by atoms with Gasteiger partial charge in [-0.15, -0.1) is 0 Å². The first-order chi connectivity index (χ1) is 8.55. The van der Waals surface area contributed by atoms with Gasteiger partial charge >= 0.3 is 0 Å². The molecule has 0 fully saturated rings. The second-order valence-electron chi connectivity index (χ2n) is 5.60. The summed E-state index contributed by atoms with van der Waals surface area (Å²) in [4.78, 5) is 10.9. The highest BCUT2D eigenvalue weighted by atomic mass is 15.4. The van der Waals surface area contributed by atoms with Crippen LogP contribution in [0.15, 0.2) is 24.7 Å². The zero-order valence-electron chi connectivity index (χ0n) is 11.0. The van der Waals surface area contributed by atoms with Gasteiger partial charge in [-0.3, -0.25) is 4.90 Å². The predicted octanol–water partition coefficient (Wildman–Crippen LogP) is 1.78. The van der Waals surface area contributed by atoms with Gasteiger partial charge in [-0.05, 0) is 26.8 Å². The van der Waals surface area contributed by atoms with Crippen LogP contribution in [0.2, 0.25) is 0 Å². The van der Waals surface area contributed by atoms with Crippen molar-refractivity contribution in [2.75, 3.05) is 0 Å². The smallest absolute Gasteiger partial charge is 0.250 e. The SMILES string of the molecule is CC(C)(C)N1Cc2cnn(-c3ncccn3)c2C1. The van der Waals surface area contributed by atoms with Crippen LogP contribution in [0.1, 0.15) is 32.0 Å². The van der Waals surface area contributed by atoms with Crippen LogP contribution >= 0.6 is 0 Å². The van der Waals surface area contributed by atoms with Crippen LogP contribution in [0.3, 0.4) is 0 Å². The van der Waals surface area contributed by atoms with E-state index in [0.717, 1.165) is 13.1 Å². The summed E-state index contributed by atoms with van der Waals surface area (Å²) in [7, 11) is 0. The van der Waals surface area contributed by atoms with Gasteiger partial charge in [-0.2, -0.15) is 5.10 Å². The van der Waals surface area contributed by atoms with Crippen molar-refractivity contribution >= 4 is 0 Å². The lowest BCUT2D eigenvalue weighted by atomic mass is 10.1. The lowest BCUT2D eigenvalue weighted by molar-refractivity contribution is 0.134. The fraction of sp³-hybridized carbons (Fsp3) is 0.462. The second kappa shape index (κ2) is 3.88.